The molecule has 1 atom stereocenters. The lowest BCUT2D eigenvalue weighted by Crippen LogP contribution is -2.41. The Labute approximate surface area is 160 Å². The fourth-order valence-electron chi connectivity index (χ4n) is 3.48. The van der Waals surface area contributed by atoms with Crippen LogP contribution in [0.25, 0.3) is 0 Å². The first kappa shape index (κ1) is 18.7. The molecule has 1 heterocycles. The average molecular weight is 372 g/mol. The standard InChI is InChI=1S/C21H26ClN3O/c1-24(2)15-16-10-12-17(13-11-16)20-9-5-6-14-25(20)21(26)23-19-8-4-3-7-18(19)22/h3-4,7-8,10-13,20H,5-6,9,14-15H2,1-2H3,(H,23,26). The number of anilines is 1. The van der Waals surface area contributed by atoms with Crippen molar-refractivity contribution >= 4 is 23.3 Å². The van der Waals surface area contributed by atoms with Gasteiger partial charge in [-0.15, -0.1) is 0 Å². The van der Waals surface area contributed by atoms with E-state index in [0.717, 1.165) is 32.4 Å². The first-order chi connectivity index (χ1) is 12.5. The number of likely N-dealkylation sites (tertiary alicyclic amines) is 1. The van der Waals surface area contributed by atoms with Crippen molar-refractivity contribution in [2.24, 2.45) is 0 Å². The van der Waals surface area contributed by atoms with Crippen LogP contribution in [0.15, 0.2) is 48.5 Å². The average Bonchev–Trinajstić information content (AvgIpc) is 2.64. The first-order valence-corrected chi connectivity index (χ1v) is 9.48. The third-order valence-electron chi connectivity index (χ3n) is 4.74. The number of piperidine rings is 1. The Kier molecular flexibility index (Phi) is 6.17. The second-order valence-electron chi connectivity index (χ2n) is 7.09. The number of hydrogen-bond acceptors (Lipinski definition) is 2. The molecule has 5 heteroatoms. The number of nitrogens with zero attached hydrogens (tertiary/aromatic N) is 2. The lowest BCUT2D eigenvalue weighted by molar-refractivity contribution is 0.163. The van der Waals surface area contributed by atoms with Crippen molar-refractivity contribution in [1.82, 2.24) is 9.80 Å². The zero-order chi connectivity index (χ0) is 18.5. The van der Waals surface area contributed by atoms with Crippen LogP contribution in [0.5, 0.6) is 0 Å². The molecular weight excluding hydrogens is 346 g/mol. The van der Waals surface area contributed by atoms with Crippen molar-refractivity contribution in [3.05, 3.63) is 64.7 Å². The number of nitrogens with one attached hydrogen (secondary N) is 1. The molecule has 1 saturated heterocycles. The van der Waals surface area contributed by atoms with Crippen molar-refractivity contribution in [3.8, 4) is 0 Å². The van der Waals surface area contributed by atoms with Gasteiger partial charge in [0.1, 0.15) is 0 Å². The summed E-state index contributed by atoms with van der Waals surface area (Å²) in [5.41, 5.74) is 3.13. The van der Waals surface area contributed by atoms with Crippen LogP contribution in [0.4, 0.5) is 10.5 Å². The maximum atomic E-state index is 12.9. The molecule has 2 aromatic rings. The van der Waals surface area contributed by atoms with Gasteiger partial charge in [0.2, 0.25) is 0 Å². The van der Waals surface area contributed by atoms with Crippen LogP contribution >= 0.6 is 11.6 Å². The fourth-order valence-corrected chi connectivity index (χ4v) is 3.66. The molecule has 1 unspecified atom stereocenters. The largest absolute Gasteiger partial charge is 0.322 e. The van der Waals surface area contributed by atoms with Crippen LogP contribution < -0.4 is 5.32 Å². The van der Waals surface area contributed by atoms with Crippen LogP contribution in [-0.4, -0.2) is 36.5 Å². The van der Waals surface area contributed by atoms with E-state index in [9.17, 15) is 4.79 Å². The van der Waals surface area contributed by atoms with E-state index >= 15 is 0 Å². The quantitative estimate of drug-likeness (QED) is 0.805. The second kappa shape index (κ2) is 8.56. The first-order valence-electron chi connectivity index (χ1n) is 9.10. The molecule has 0 saturated carbocycles. The molecule has 26 heavy (non-hydrogen) atoms. The molecule has 138 valence electrons. The molecule has 2 aromatic carbocycles. The zero-order valence-electron chi connectivity index (χ0n) is 15.4. The van der Waals surface area contributed by atoms with E-state index in [0.29, 0.717) is 10.7 Å². The number of halogens is 1. The highest BCUT2D eigenvalue weighted by Gasteiger charge is 2.28. The summed E-state index contributed by atoms with van der Waals surface area (Å²) in [6, 6.07) is 16.0. The van der Waals surface area contributed by atoms with E-state index in [1.165, 1.54) is 11.1 Å². The van der Waals surface area contributed by atoms with Crippen molar-refractivity contribution in [2.75, 3.05) is 26.0 Å². The van der Waals surface area contributed by atoms with E-state index in [4.69, 9.17) is 11.6 Å². The molecule has 2 amide bonds. The number of amides is 2. The Morgan fingerprint density at radius 1 is 1.15 bits per heavy atom. The number of carbonyl (C=O) groups excluding carboxylic acids is 1. The van der Waals surface area contributed by atoms with Gasteiger partial charge < -0.3 is 15.1 Å². The summed E-state index contributed by atoms with van der Waals surface area (Å²) in [6.45, 7) is 1.68. The van der Waals surface area contributed by atoms with Gasteiger partial charge in [0, 0.05) is 13.1 Å². The highest BCUT2D eigenvalue weighted by molar-refractivity contribution is 6.33. The molecule has 0 radical (unpaired) electrons. The smallest absolute Gasteiger partial charge is 0.317 e. The predicted molar refractivity (Wildman–Crippen MR) is 108 cm³/mol. The maximum absolute atomic E-state index is 12.9. The molecule has 0 spiro atoms. The van der Waals surface area contributed by atoms with E-state index in [-0.39, 0.29) is 12.1 Å². The Hall–Kier alpha value is -2.04. The van der Waals surface area contributed by atoms with Gasteiger partial charge in [0.25, 0.3) is 0 Å². The van der Waals surface area contributed by atoms with E-state index in [1.807, 2.05) is 23.1 Å². The molecule has 3 rings (SSSR count). The Bertz CT molecular complexity index is 745. The van der Waals surface area contributed by atoms with Crippen molar-refractivity contribution in [3.63, 3.8) is 0 Å². The fraction of sp³-hybridized carbons (Fsp3) is 0.381. The third-order valence-corrected chi connectivity index (χ3v) is 5.07. The minimum absolute atomic E-state index is 0.0832. The lowest BCUT2D eigenvalue weighted by Gasteiger charge is -2.36. The van der Waals surface area contributed by atoms with Crippen LogP contribution in [0, 0.1) is 0 Å². The lowest BCUT2D eigenvalue weighted by atomic mass is 9.95. The molecule has 1 fully saturated rings. The Balaban J connectivity index is 1.75. The van der Waals surface area contributed by atoms with E-state index in [1.54, 1.807) is 6.07 Å². The predicted octanol–water partition coefficient (Wildman–Crippen LogP) is 5.16. The summed E-state index contributed by atoms with van der Waals surface area (Å²) in [5.74, 6) is 0. The zero-order valence-corrected chi connectivity index (χ0v) is 16.2. The summed E-state index contributed by atoms with van der Waals surface area (Å²) in [6.07, 6.45) is 3.16. The van der Waals surface area contributed by atoms with Gasteiger partial charge in [0.15, 0.2) is 0 Å². The summed E-state index contributed by atoms with van der Waals surface area (Å²) in [5, 5.41) is 3.52. The van der Waals surface area contributed by atoms with Crippen LogP contribution in [0.3, 0.4) is 0 Å². The number of benzene rings is 2. The molecule has 4 nitrogen and oxygen atoms in total. The molecule has 1 aliphatic rings. The summed E-state index contributed by atoms with van der Waals surface area (Å²) in [7, 11) is 4.13. The highest BCUT2D eigenvalue weighted by atomic mass is 35.5. The molecule has 1 N–H and O–H groups in total. The molecule has 0 aromatic heterocycles. The number of carbonyl (C=O) groups is 1. The van der Waals surface area contributed by atoms with Crippen molar-refractivity contribution in [2.45, 2.75) is 31.8 Å². The monoisotopic (exact) mass is 371 g/mol. The van der Waals surface area contributed by atoms with Crippen molar-refractivity contribution < 1.29 is 4.79 Å². The van der Waals surface area contributed by atoms with Gasteiger partial charge in [-0.05, 0) is 56.6 Å². The third kappa shape index (κ3) is 4.57. The number of urea groups is 1. The minimum Gasteiger partial charge on any atom is -0.317 e. The second-order valence-corrected chi connectivity index (χ2v) is 7.50. The summed E-state index contributed by atoms with van der Waals surface area (Å²) >= 11 is 6.18. The van der Waals surface area contributed by atoms with E-state index < -0.39 is 0 Å². The molecule has 0 bridgehead atoms. The van der Waals surface area contributed by atoms with Gasteiger partial charge in [-0.3, -0.25) is 0 Å². The normalized spacial score (nSPS) is 17.4. The Morgan fingerprint density at radius 3 is 2.58 bits per heavy atom. The molecule has 0 aliphatic carbocycles. The maximum Gasteiger partial charge on any atom is 0.322 e. The Morgan fingerprint density at radius 2 is 1.88 bits per heavy atom. The number of rotatable bonds is 4. The van der Waals surface area contributed by atoms with Gasteiger partial charge in [0.05, 0.1) is 16.8 Å². The summed E-state index contributed by atoms with van der Waals surface area (Å²) in [4.78, 5) is 17.0. The van der Waals surface area contributed by atoms with Gasteiger partial charge in [-0.1, -0.05) is 48.0 Å². The number of para-hydroxylation sites is 1. The molecular formula is C21H26ClN3O. The number of hydrogen-bond donors (Lipinski definition) is 1. The van der Waals surface area contributed by atoms with E-state index in [2.05, 4.69) is 48.6 Å². The van der Waals surface area contributed by atoms with Gasteiger partial charge >= 0.3 is 6.03 Å². The SMILES string of the molecule is CN(C)Cc1ccc(C2CCCCN2C(=O)Nc2ccccc2Cl)cc1. The summed E-state index contributed by atoms with van der Waals surface area (Å²) < 4.78 is 0. The van der Waals surface area contributed by atoms with Crippen LogP contribution in [0.1, 0.15) is 36.4 Å². The van der Waals surface area contributed by atoms with Gasteiger partial charge in [-0.25, -0.2) is 4.79 Å². The topological polar surface area (TPSA) is 35.6 Å². The van der Waals surface area contributed by atoms with Crippen molar-refractivity contribution in [1.29, 1.82) is 0 Å². The highest BCUT2D eigenvalue weighted by Crippen LogP contribution is 2.32. The van der Waals surface area contributed by atoms with Gasteiger partial charge in [-0.2, -0.15) is 0 Å². The van der Waals surface area contributed by atoms with Crippen LogP contribution in [-0.2, 0) is 6.54 Å². The molecule has 1 aliphatic heterocycles. The minimum atomic E-state index is -0.0832. The van der Waals surface area contributed by atoms with Crippen LogP contribution in [0.2, 0.25) is 5.02 Å².